The quantitative estimate of drug-likeness (QED) is 0.836. The molecule has 0 aliphatic rings. The van der Waals surface area contributed by atoms with Gasteiger partial charge in [-0.15, -0.1) is 0 Å². The highest BCUT2D eigenvalue weighted by molar-refractivity contribution is 5.81. The van der Waals surface area contributed by atoms with Gasteiger partial charge < -0.3 is 5.32 Å². The predicted octanol–water partition coefficient (Wildman–Crippen LogP) is 4.30. The van der Waals surface area contributed by atoms with Gasteiger partial charge in [0.2, 0.25) is 0 Å². The highest BCUT2D eigenvalue weighted by atomic mass is 19.4. The number of benzene rings is 1. The van der Waals surface area contributed by atoms with Crippen molar-refractivity contribution in [2.45, 2.75) is 25.9 Å². The van der Waals surface area contributed by atoms with Gasteiger partial charge in [-0.25, -0.2) is 4.98 Å². The average molecular weight is 268 g/mol. The average Bonchev–Trinajstić information content (AvgIpc) is 2.33. The van der Waals surface area contributed by atoms with Crippen LogP contribution in [0.1, 0.15) is 18.4 Å². The smallest absolute Gasteiger partial charge is 0.370 e. The van der Waals surface area contributed by atoms with Crippen LogP contribution >= 0.6 is 0 Å². The van der Waals surface area contributed by atoms with Crippen molar-refractivity contribution in [3.63, 3.8) is 0 Å². The zero-order valence-corrected chi connectivity index (χ0v) is 10.6. The Morgan fingerprint density at radius 2 is 1.95 bits per heavy atom. The number of nitrogens with one attached hydrogen (secondary N) is 1. The molecule has 0 aliphatic carbocycles. The van der Waals surface area contributed by atoms with Crippen LogP contribution in [-0.4, -0.2) is 17.7 Å². The van der Waals surface area contributed by atoms with E-state index in [1.165, 1.54) is 0 Å². The fraction of sp³-hybridized carbons (Fsp3) is 0.357. The van der Waals surface area contributed by atoms with Crippen LogP contribution in [0, 0.1) is 6.92 Å². The molecule has 0 saturated carbocycles. The molecule has 1 aromatic heterocycles. The highest BCUT2D eigenvalue weighted by Gasteiger charge is 2.25. The van der Waals surface area contributed by atoms with E-state index in [4.69, 9.17) is 0 Å². The van der Waals surface area contributed by atoms with Gasteiger partial charge in [0.15, 0.2) is 0 Å². The monoisotopic (exact) mass is 268 g/mol. The normalized spacial score (nSPS) is 11.8. The fourth-order valence-corrected chi connectivity index (χ4v) is 1.90. The third-order valence-corrected chi connectivity index (χ3v) is 2.84. The third kappa shape index (κ3) is 3.84. The SMILES string of the molecule is Cc1cc2ccccc2nc1NCCCC(F)(F)F. The van der Waals surface area contributed by atoms with Gasteiger partial charge in [0.1, 0.15) is 5.82 Å². The first-order valence-corrected chi connectivity index (χ1v) is 6.13. The molecule has 0 unspecified atom stereocenters. The lowest BCUT2D eigenvalue weighted by molar-refractivity contribution is -0.134. The molecule has 1 aromatic carbocycles. The summed E-state index contributed by atoms with van der Waals surface area (Å²) >= 11 is 0. The zero-order chi connectivity index (χ0) is 13.9. The predicted molar refractivity (Wildman–Crippen MR) is 70.3 cm³/mol. The molecule has 0 amide bonds. The number of aryl methyl sites for hydroxylation is 1. The standard InChI is InChI=1S/C14H15F3N2/c1-10-9-11-5-2-3-6-12(11)19-13(10)18-8-4-7-14(15,16)17/h2-3,5-6,9H,4,7-8H2,1H3,(H,18,19). The van der Waals surface area contributed by atoms with Crippen molar-refractivity contribution in [3.8, 4) is 0 Å². The van der Waals surface area contributed by atoms with Crippen molar-refractivity contribution < 1.29 is 13.2 Å². The van der Waals surface area contributed by atoms with Crippen LogP contribution in [0.2, 0.25) is 0 Å². The number of fused-ring (bicyclic) bond motifs is 1. The second-order valence-electron chi connectivity index (χ2n) is 4.49. The van der Waals surface area contributed by atoms with E-state index in [1.807, 2.05) is 37.3 Å². The molecule has 0 bridgehead atoms. The summed E-state index contributed by atoms with van der Waals surface area (Å²) in [5.41, 5.74) is 1.78. The molecule has 0 saturated heterocycles. The van der Waals surface area contributed by atoms with Gasteiger partial charge in [-0.05, 0) is 31.0 Å². The van der Waals surface area contributed by atoms with Crippen molar-refractivity contribution in [2.24, 2.45) is 0 Å². The summed E-state index contributed by atoms with van der Waals surface area (Å²) in [6, 6.07) is 9.64. The lowest BCUT2D eigenvalue weighted by atomic mass is 10.1. The first-order valence-electron chi connectivity index (χ1n) is 6.13. The molecule has 5 heteroatoms. The summed E-state index contributed by atoms with van der Waals surface area (Å²) in [5.74, 6) is 0.654. The Labute approximate surface area is 109 Å². The van der Waals surface area contributed by atoms with Gasteiger partial charge in [-0.3, -0.25) is 0 Å². The molecule has 19 heavy (non-hydrogen) atoms. The van der Waals surface area contributed by atoms with Gasteiger partial charge in [0.25, 0.3) is 0 Å². The molecule has 0 atom stereocenters. The summed E-state index contributed by atoms with van der Waals surface area (Å²) in [6.07, 6.45) is -4.81. The molecule has 0 spiro atoms. The molecule has 1 heterocycles. The van der Waals surface area contributed by atoms with Crippen molar-refractivity contribution in [1.29, 1.82) is 0 Å². The van der Waals surface area contributed by atoms with Gasteiger partial charge in [-0.1, -0.05) is 18.2 Å². The Kier molecular flexibility index (Phi) is 3.93. The molecular formula is C14H15F3N2. The number of rotatable bonds is 4. The van der Waals surface area contributed by atoms with E-state index in [2.05, 4.69) is 10.3 Å². The number of aromatic nitrogens is 1. The highest BCUT2D eigenvalue weighted by Crippen LogP contribution is 2.22. The Hall–Kier alpha value is -1.78. The van der Waals surface area contributed by atoms with Crippen LogP contribution in [0.25, 0.3) is 10.9 Å². The maximum Gasteiger partial charge on any atom is 0.389 e. The summed E-state index contributed by atoms with van der Waals surface area (Å²) in [6.45, 7) is 2.16. The Morgan fingerprint density at radius 3 is 2.68 bits per heavy atom. The van der Waals surface area contributed by atoms with Crippen molar-refractivity contribution in [2.75, 3.05) is 11.9 Å². The second kappa shape index (κ2) is 5.47. The van der Waals surface area contributed by atoms with Crippen molar-refractivity contribution in [1.82, 2.24) is 4.98 Å². The number of hydrogen-bond donors (Lipinski definition) is 1. The summed E-state index contributed by atoms with van der Waals surface area (Å²) < 4.78 is 36.1. The summed E-state index contributed by atoms with van der Waals surface area (Å²) in [5, 5.41) is 4.00. The number of pyridine rings is 1. The Morgan fingerprint density at radius 1 is 1.21 bits per heavy atom. The third-order valence-electron chi connectivity index (χ3n) is 2.84. The van der Waals surface area contributed by atoms with E-state index in [9.17, 15) is 13.2 Å². The summed E-state index contributed by atoms with van der Waals surface area (Å²) in [4.78, 5) is 4.42. The van der Waals surface area contributed by atoms with Crippen LogP contribution in [0.4, 0.5) is 19.0 Å². The minimum absolute atomic E-state index is 0.0530. The molecular weight excluding hydrogens is 253 g/mol. The largest absolute Gasteiger partial charge is 0.389 e. The van der Waals surface area contributed by atoms with Crippen LogP contribution in [0.15, 0.2) is 30.3 Å². The molecule has 0 radical (unpaired) electrons. The van der Waals surface area contributed by atoms with E-state index < -0.39 is 12.6 Å². The van der Waals surface area contributed by atoms with Crippen LogP contribution in [0.5, 0.6) is 0 Å². The number of anilines is 1. The van der Waals surface area contributed by atoms with Gasteiger partial charge in [-0.2, -0.15) is 13.2 Å². The maximum absolute atomic E-state index is 12.0. The fourth-order valence-electron chi connectivity index (χ4n) is 1.90. The van der Waals surface area contributed by atoms with Gasteiger partial charge in [0, 0.05) is 18.4 Å². The topological polar surface area (TPSA) is 24.9 Å². The van der Waals surface area contributed by atoms with Gasteiger partial charge >= 0.3 is 6.18 Å². The lowest BCUT2D eigenvalue weighted by Crippen LogP contribution is -2.12. The van der Waals surface area contributed by atoms with E-state index in [0.29, 0.717) is 5.82 Å². The minimum Gasteiger partial charge on any atom is -0.370 e. The number of halogens is 3. The van der Waals surface area contributed by atoms with E-state index in [0.717, 1.165) is 16.5 Å². The van der Waals surface area contributed by atoms with Crippen molar-refractivity contribution >= 4 is 16.7 Å². The first kappa shape index (κ1) is 13.6. The summed E-state index contributed by atoms with van der Waals surface area (Å²) in [7, 11) is 0. The first-order chi connectivity index (χ1) is 8.96. The minimum atomic E-state index is -4.09. The van der Waals surface area contributed by atoms with Crippen LogP contribution < -0.4 is 5.32 Å². The number of alkyl halides is 3. The van der Waals surface area contributed by atoms with Crippen LogP contribution in [0.3, 0.4) is 0 Å². The molecule has 0 aliphatic heterocycles. The number of para-hydroxylation sites is 1. The Balaban J connectivity index is 2.02. The lowest BCUT2D eigenvalue weighted by Gasteiger charge is -2.11. The van der Waals surface area contributed by atoms with E-state index in [1.54, 1.807) is 0 Å². The van der Waals surface area contributed by atoms with Gasteiger partial charge in [0.05, 0.1) is 5.52 Å². The molecule has 1 N–H and O–H groups in total. The second-order valence-corrected chi connectivity index (χ2v) is 4.49. The van der Waals surface area contributed by atoms with Crippen molar-refractivity contribution in [3.05, 3.63) is 35.9 Å². The Bertz CT molecular complexity index is 564. The molecule has 2 nitrogen and oxygen atoms in total. The number of hydrogen-bond acceptors (Lipinski definition) is 2. The molecule has 0 fully saturated rings. The van der Waals surface area contributed by atoms with E-state index in [-0.39, 0.29) is 13.0 Å². The van der Waals surface area contributed by atoms with E-state index >= 15 is 0 Å². The molecule has 102 valence electrons. The number of nitrogens with zero attached hydrogens (tertiary/aromatic N) is 1. The zero-order valence-electron chi connectivity index (χ0n) is 10.6. The molecule has 2 rings (SSSR count). The maximum atomic E-state index is 12.0. The molecule has 2 aromatic rings. The van der Waals surface area contributed by atoms with Crippen LogP contribution in [-0.2, 0) is 0 Å².